The average molecular weight is 1780 g/mol. The minimum Gasteiger partial charge on any atom is -0.463 e. The van der Waals surface area contributed by atoms with Gasteiger partial charge < -0.3 is 23.8 Å². The minimum atomic E-state index is -3.31. The highest BCUT2D eigenvalue weighted by molar-refractivity contribution is 7.91. The number of sulfone groups is 1. The number of nitrogens with one attached hydrogen (secondary N) is 2. The van der Waals surface area contributed by atoms with E-state index in [1.807, 2.05) is 48.8 Å². The summed E-state index contributed by atoms with van der Waals surface area (Å²) in [5.41, 5.74) is 4.19. The molecule has 1 aromatic carbocycles. The lowest BCUT2D eigenvalue weighted by atomic mass is 9.90. The van der Waals surface area contributed by atoms with E-state index in [1.165, 1.54) is 31.5 Å². The zero-order chi connectivity index (χ0) is 92.0. The van der Waals surface area contributed by atoms with Crippen molar-refractivity contribution < 1.29 is 48.0 Å². The van der Waals surface area contributed by atoms with E-state index in [4.69, 9.17) is 19.0 Å². The van der Waals surface area contributed by atoms with Gasteiger partial charge in [0.2, 0.25) is 20.0 Å². The van der Waals surface area contributed by atoms with Gasteiger partial charge in [-0.05, 0) is 176 Å². The Hall–Kier alpha value is -7.96. The Morgan fingerprint density at radius 2 is 1.01 bits per heavy atom. The van der Waals surface area contributed by atoms with Gasteiger partial charge >= 0.3 is 6.01 Å². The van der Waals surface area contributed by atoms with Crippen LogP contribution in [-0.4, -0.2) is 156 Å². The van der Waals surface area contributed by atoms with E-state index in [2.05, 4.69) is 215 Å². The van der Waals surface area contributed by atoms with Crippen LogP contribution in [0.2, 0.25) is 0 Å². The van der Waals surface area contributed by atoms with E-state index < -0.39 is 35.8 Å². The number of alkyl halides is 2. The molecule has 29 heteroatoms. The summed E-state index contributed by atoms with van der Waals surface area (Å²) in [6.07, 6.45) is 29.8. The first-order chi connectivity index (χ1) is 57.9. The monoisotopic (exact) mass is 1780 g/mol. The number of halogens is 2. The van der Waals surface area contributed by atoms with E-state index >= 15 is 0 Å². The van der Waals surface area contributed by atoms with Gasteiger partial charge in [-0.15, -0.1) is 0 Å². The van der Waals surface area contributed by atoms with Gasteiger partial charge in [0.25, 0.3) is 5.92 Å². The van der Waals surface area contributed by atoms with Crippen molar-refractivity contribution in [1.29, 1.82) is 0 Å². The summed E-state index contributed by atoms with van der Waals surface area (Å²) in [7, 11) is -8.95. The highest BCUT2D eigenvalue weighted by Gasteiger charge is 2.35. The summed E-state index contributed by atoms with van der Waals surface area (Å²) >= 11 is 0. The van der Waals surface area contributed by atoms with Gasteiger partial charge in [0.05, 0.1) is 47.2 Å². The summed E-state index contributed by atoms with van der Waals surface area (Å²) in [6, 6.07) is 25.3. The molecule has 2 aliphatic heterocycles. The number of benzene rings is 1. The summed E-state index contributed by atoms with van der Waals surface area (Å²) in [5, 5.41) is 3.98. The first kappa shape index (κ1) is 107. The fraction of sp³-hybridized carbons (Fsp3) is 0.632. The number of nitrogens with zero attached hydrogens (tertiary/aromatic N) is 13. The van der Waals surface area contributed by atoms with Crippen molar-refractivity contribution in [2.24, 2.45) is 50.7 Å². The summed E-state index contributed by atoms with van der Waals surface area (Å²) in [6.45, 7) is 53.6. The predicted octanol–water partition coefficient (Wildman–Crippen LogP) is 20.2. The second-order valence-corrected chi connectivity index (χ2v) is 45.9. The Labute approximate surface area is 743 Å². The number of aromatic nitrogens is 11. The topological polar surface area (TPSA) is 306 Å². The SMILES string of the molecule is CC(C)(C)CCOc1ncccn1.CC(C)(C)Cc1cc(-c2ccccn2)on1.CC(C)(C)Cc1ncc(-c2ccc(C(C)(F)F)nc2)cn1.CC(C)(C)Cc1nccc(N2CCCCC2)n1.CC(C)(C)Cc1nccc(N2CCOCC2)n1.CC(C)CCCS(=O)(=O)CC1CC1.CC(C)CCNS(=O)(=O)C1CC1.CC(C)CCNS(=O)(=O)c1ccccc1. The zero-order valence-corrected chi connectivity index (χ0v) is 81.1. The van der Waals surface area contributed by atoms with Gasteiger partial charge in [0.1, 0.15) is 40.5 Å². The number of piperidine rings is 1. The molecule has 124 heavy (non-hydrogen) atoms. The lowest BCUT2D eigenvalue weighted by molar-refractivity contribution is 0.0128. The molecule has 4 aliphatic rings. The molecular formula is C95H149F2N15O9S3. The highest BCUT2D eigenvalue weighted by Crippen LogP contribution is 2.33. The van der Waals surface area contributed by atoms with E-state index in [0.29, 0.717) is 71.2 Å². The molecule has 24 nitrogen and oxygen atoms in total. The van der Waals surface area contributed by atoms with Crippen LogP contribution in [0.15, 0.2) is 144 Å². The summed E-state index contributed by atoms with van der Waals surface area (Å²) in [4.78, 5) is 47.7. The molecule has 8 aromatic rings. The van der Waals surface area contributed by atoms with E-state index in [0.717, 1.165) is 187 Å². The molecule has 7 aromatic heterocycles. The Morgan fingerprint density at radius 3 is 1.48 bits per heavy atom. The summed E-state index contributed by atoms with van der Waals surface area (Å²) < 4.78 is 116. The highest BCUT2D eigenvalue weighted by atomic mass is 32.2. The fourth-order valence-corrected chi connectivity index (χ4v) is 16.3. The zero-order valence-electron chi connectivity index (χ0n) is 78.6. The molecule has 2 aliphatic carbocycles. The minimum absolute atomic E-state index is 0.0790. The van der Waals surface area contributed by atoms with Crippen LogP contribution in [0.1, 0.15) is 258 Å². The van der Waals surface area contributed by atoms with Crippen molar-refractivity contribution >= 4 is 41.5 Å². The Bertz CT molecular complexity index is 4560. The van der Waals surface area contributed by atoms with Crippen molar-refractivity contribution in [3.05, 3.63) is 163 Å². The van der Waals surface area contributed by atoms with E-state index in [-0.39, 0.29) is 32.6 Å². The van der Waals surface area contributed by atoms with Crippen LogP contribution in [0, 0.1) is 50.7 Å². The number of pyridine rings is 2. The molecule has 12 rings (SSSR count). The van der Waals surface area contributed by atoms with Crippen molar-refractivity contribution in [2.75, 3.05) is 80.4 Å². The number of anilines is 2. The second kappa shape index (κ2) is 51.1. The lowest BCUT2D eigenvalue weighted by Crippen LogP contribution is -2.37. The van der Waals surface area contributed by atoms with Crippen LogP contribution in [0.5, 0.6) is 6.01 Å². The average Bonchev–Trinajstić information content (AvgIpc) is 1.51. The summed E-state index contributed by atoms with van der Waals surface area (Å²) in [5.74, 6) is 5.67. The molecule has 2 N–H and O–H groups in total. The molecule has 0 radical (unpaired) electrons. The molecule has 0 bridgehead atoms. The van der Waals surface area contributed by atoms with Gasteiger partial charge in [0, 0.05) is 132 Å². The van der Waals surface area contributed by atoms with Crippen molar-refractivity contribution in [3.8, 4) is 28.6 Å². The van der Waals surface area contributed by atoms with Crippen LogP contribution in [0.25, 0.3) is 22.6 Å². The van der Waals surface area contributed by atoms with Crippen molar-refractivity contribution in [1.82, 2.24) is 64.4 Å². The quantitative estimate of drug-likeness (QED) is 0.0460. The predicted molar refractivity (Wildman–Crippen MR) is 498 cm³/mol. The molecule has 0 atom stereocenters. The third-order valence-corrected chi connectivity index (χ3v) is 24.3. The maximum absolute atomic E-state index is 13.1. The molecule has 4 fully saturated rings. The lowest BCUT2D eigenvalue weighted by Gasteiger charge is -2.28. The van der Waals surface area contributed by atoms with Crippen molar-refractivity contribution in [2.45, 2.75) is 271 Å². The van der Waals surface area contributed by atoms with Crippen LogP contribution < -0.4 is 24.0 Å². The molecule has 0 unspecified atom stereocenters. The molecule has 2 saturated heterocycles. The van der Waals surface area contributed by atoms with Crippen molar-refractivity contribution in [3.63, 3.8) is 0 Å². The van der Waals surface area contributed by atoms with Crippen LogP contribution in [0.4, 0.5) is 20.4 Å². The van der Waals surface area contributed by atoms with E-state index in [1.54, 1.807) is 73.4 Å². The number of rotatable bonds is 28. The van der Waals surface area contributed by atoms with Crippen LogP contribution in [-0.2, 0) is 66.2 Å². The maximum atomic E-state index is 13.1. The molecule has 0 spiro atoms. The van der Waals surface area contributed by atoms with E-state index in [9.17, 15) is 34.0 Å². The number of morpholine rings is 1. The van der Waals surface area contributed by atoms with Gasteiger partial charge in [-0.3, -0.25) is 9.97 Å². The maximum Gasteiger partial charge on any atom is 0.316 e. The van der Waals surface area contributed by atoms with Crippen LogP contribution >= 0.6 is 0 Å². The second-order valence-electron chi connectivity index (χ2n) is 39.9. The normalized spacial score (nSPS) is 14.7. The molecule has 9 heterocycles. The first-order valence-electron chi connectivity index (χ1n) is 44.3. The molecule has 2 saturated carbocycles. The number of hydrogen-bond donors (Lipinski definition) is 2. The largest absolute Gasteiger partial charge is 0.463 e. The van der Waals surface area contributed by atoms with Gasteiger partial charge in [-0.25, -0.2) is 74.6 Å². The fourth-order valence-electron chi connectivity index (χ4n) is 12.0. The Kier molecular flexibility index (Phi) is 44.0. The Morgan fingerprint density at radius 1 is 0.500 bits per heavy atom. The number of ether oxygens (including phenoxy) is 2. The molecule has 0 amide bonds. The number of sulfonamides is 2. The third kappa shape index (κ3) is 48.1. The molecule has 690 valence electrons. The Balaban J connectivity index is 0.000000253. The number of hydrogen-bond acceptors (Lipinski definition) is 22. The van der Waals surface area contributed by atoms with Gasteiger partial charge in [-0.1, -0.05) is 187 Å². The van der Waals surface area contributed by atoms with Crippen LogP contribution in [0.3, 0.4) is 0 Å². The van der Waals surface area contributed by atoms with Gasteiger partial charge in [-0.2, -0.15) is 8.78 Å². The third-order valence-electron chi connectivity index (χ3n) is 19.0. The van der Waals surface area contributed by atoms with Gasteiger partial charge in [0.15, 0.2) is 15.6 Å². The molecular weight excluding hydrogens is 1630 g/mol. The smallest absolute Gasteiger partial charge is 0.316 e. The standard InChI is InChI=1S/C16H19F2N3.C14H23N3.C13H21N3O.C13H16N2O.C11H17NO2S.C10H16N2O.C10H20O2S.C8H17NO2S/c1-15(2,3)7-14-20-9-12(10-21-14)11-5-6-13(19-8-11)16(4,17)18;1-14(2,3)11-12-15-8-7-13(16-12)17-9-5-4-6-10-17;1-13(2,3)10-11-14-5-4-12(15-11)16-6-8-17-9-7-16;1-13(2,3)9-10-8-12(16-15-10)11-6-4-5-7-14-11;1-10(2)8-9-12-15(13,14)11-6-4-3-5-7-11;1-10(2,3)5-8-13-9-11-6-4-7-12-9;1-9(2)4-3-7-13(11,12)8-10-5-6-10;1-7(2)5-6-9-12(10,11)8-3-4-8/h5-6,8-10H,7H2,1-4H3;7-8H,4-6,9-11H2,1-3H3;4-5H,6-10H2,1-3H3;4-8H,9H2,1-3H3;3-7,10,12H,8-9H2,1-2H3;4,6-7H,5,8H2,1-3H3;9-10H,3-8H2,1-2H3;7-9H,3-6H2,1-2H3. The first-order valence-corrected chi connectivity index (χ1v) is 49.1.